The molecule has 9 heteroatoms. The predicted octanol–water partition coefficient (Wildman–Crippen LogP) is 2.92. The smallest absolute Gasteiger partial charge is 0.229 e. The zero-order valence-corrected chi connectivity index (χ0v) is 19.0. The number of hydrogen-bond acceptors (Lipinski definition) is 8. The van der Waals surface area contributed by atoms with Crippen LogP contribution in [0.15, 0.2) is 36.8 Å². The molecule has 33 heavy (non-hydrogen) atoms. The lowest BCUT2D eigenvalue weighted by Crippen LogP contribution is -2.33. The van der Waals surface area contributed by atoms with Gasteiger partial charge in [0.1, 0.15) is 12.0 Å². The molecule has 1 aromatic carbocycles. The number of hydrogen-bond donors (Lipinski definition) is 5. The molecule has 6 N–H and O–H groups in total. The molecule has 1 aliphatic heterocycles. The van der Waals surface area contributed by atoms with E-state index < -0.39 is 6.23 Å². The second kappa shape index (κ2) is 9.46. The molecule has 2 aromatic heterocycles. The highest BCUT2D eigenvalue weighted by Gasteiger charge is 2.21. The van der Waals surface area contributed by atoms with Crippen LogP contribution in [0.3, 0.4) is 0 Å². The van der Waals surface area contributed by atoms with Crippen LogP contribution < -0.4 is 21.7 Å². The SMILES string of the molecule is CC(O)n1cc(-c2cnc(Nc3ccc4c(c3)CNCC4)nc2NC2CCC(N)CC2)cn1. The van der Waals surface area contributed by atoms with Gasteiger partial charge in [-0.3, -0.25) is 0 Å². The van der Waals surface area contributed by atoms with Crippen molar-refractivity contribution < 1.29 is 5.11 Å². The Balaban J connectivity index is 1.43. The second-order valence-corrected chi connectivity index (χ2v) is 9.09. The summed E-state index contributed by atoms with van der Waals surface area (Å²) in [6, 6.07) is 7.04. The van der Waals surface area contributed by atoms with Crippen LogP contribution in [0, 0.1) is 0 Å². The molecule has 3 heterocycles. The molecule has 5 rings (SSSR count). The van der Waals surface area contributed by atoms with Crippen LogP contribution in [0.1, 0.15) is 50.0 Å². The third-order valence-electron chi connectivity index (χ3n) is 6.55. The number of aliphatic hydroxyl groups is 1. The molecular weight excluding hydrogens is 416 g/mol. The quantitative estimate of drug-likeness (QED) is 0.390. The number of nitrogens with one attached hydrogen (secondary N) is 3. The maximum absolute atomic E-state index is 9.86. The lowest BCUT2D eigenvalue weighted by atomic mass is 9.91. The first-order chi connectivity index (χ1) is 16.0. The van der Waals surface area contributed by atoms with Gasteiger partial charge in [0.2, 0.25) is 5.95 Å². The molecule has 1 saturated carbocycles. The monoisotopic (exact) mass is 448 g/mol. The Morgan fingerprint density at radius 1 is 1.18 bits per heavy atom. The van der Waals surface area contributed by atoms with Crippen LogP contribution in [0.2, 0.25) is 0 Å². The Morgan fingerprint density at radius 2 is 2.03 bits per heavy atom. The largest absolute Gasteiger partial charge is 0.372 e. The van der Waals surface area contributed by atoms with Gasteiger partial charge in [-0.2, -0.15) is 10.1 Å². The molecule has 0 amide bonds. The van der Waals surface area contributed by atoms with Crippen molar-refractivity contribution in [3.05, 3.63) is 47.9 Å². The fraction of sp³-hybridized carbons (Fsp3) is 0.458. The van der Waals surface area contributed by atoms with Gasteiger partial charge >= 0.3 is 0 Å². The van der Waals surface area contributed by atoms with Gasteiger partial charge in [-0.25, -0.2) is 9.67 Å². The topological polar surface area (TPSA) is 126 Å². The summed E-state index contributed by atoms with van der Waals surface area (Å²) in [5.41, 5.74) is 11.5. The molecule has 0 saturated heterocycles. The number of aliphatic hydroxyl groups excluding tert-OH is 1. The van der Waals surface area contributed by atoms with E-state index in [-0.39, 0.29) is 6.04 Å². The van der Waals surface area contributed by atoms with Crippen molar-refractivity contribution in [2.24, 2.45) is 5.73 Å². The summed E-state index contributed by atoms with van der Waals surface area (Å²) < 4.78 is 1.52. The zero-order valence-electron chi connectivity index (χ0n) is 19.0. The summed E-state index contributed by atoms with van der Waals surface area (Å²) in [5, 5.41) is 24.5. The summed E-state index contributed by atoms with van der Waals surface area (Å²) in [4.78, 5) is 9.43. The Kier molecular flexibility index (Phi) is 6.26. The summed E-state index contributed by atoms with van der Waals surface area (Å²) in [6.45, 7) is 3.59. The minimum Gasteiger partial charge on any atom is -0.372 e. The molecule has 1 unspecified atom stereocenters. The van der Waals surface area contributed by atoms with Crippen LogP contribution in [0.4, 0.5) is 17.5 Å². The van der Waals surface area contributed by atoms with Gasteiger partial charge < -0.3 is 26.8 Å². The van der Waals surface area contributed by atoms with Crippen LogP contribution in [-0.4, -0.2) is 43.5 Å². The van der Waals surface area contributed by atoms with E-state index in [9.17, 15) is 5.11 Å². The normalized spacial score (nSPS) is 21.3. The number of nitrogens with two attached hydrogens (primary N) is 1. The third-order valence-corrected chi connectivity index (χ3v) is 6.55. The number of rotatable bonds is 6. The summed E-state index contributed by atoms with van der Waals surface area (Å²) in [5.74, 6) is 1.30. The van der Waals surface area contributed by atoms with E-state index in [1.165, 1.54) is 15.8 Å². The first-order valence-corrected chi connectivity index (χ1v) is 11.8. The molecule has 1 atom stereocenters. The Hall–Kier alpha value is -3.01. The summed E-state index contributed by atoms with van der Waals surface area (Å²) in [6.07, 6.45) is 9.76. The second-order valence-electron chi connectivity index (χ2n) is 9.09. The van der Waals surface area contributed by atoms with Gasteiger partial charge in [0.05, 0.1) is 6.20 Å². The lowest BCUT2D eigenvalue weighted by molar-refractivity contribution is 0.111. The highest BCUT2D eigenvalue weighted by Crippen LogP contribution is 2.31. The van der Waals surface area contributed by atoms with E-state index in [1.54, 1.807) is 13.1 Å². The van der Waals surface area contributed by atoms with Gasteiger partial charge in [-0.15, -0.1) is 0 Å². The van der Waals surface area contributed by atoms with Crippen molar-refractivity contribution in [3.8, 4) is 11.1 Å². The Labute approximate surface area is 193 Å². The molecule has 174 valence electrons. The van der Waals surface area contributed by atoms with Crippen molar-refractivity contribution >= 4 is 17.5 Å². The van der Waals surface area contributed by atoms with Crippen LogP contribution in [0.5, 0.6) is 0 Å². The standard InChI is InChI=1S/C24H32N8O/c1-15(33)32-14-18(12-28-32)22-13-27-24(31-23(22)29-20-6-3-19(25)4-7-20)30-21-5-2-16-8-9-26-11-17(16)10-21/h2,5,10,12-15,19-20,26,33H,3-4,6-9,11,25H2,1H3,(H2,27,29,30,31). The molecule has 9 nitrogen and oxygen atoms in total. The first kappa shape index (κ1) is 21.8. The third kappa shape index (κ3) is 5.00. The molecule has 0 radical (unpaired) electrons. The number of benzene rings is 1. The lowest BCUT2D eigenvalue weighted by Gasteiger charge is -2.28. The van der Waals surface area contributed by atoms with E-state index in [4.69, 9.17) is 10.7 Å². The average Bonchev–Trinajstić information content (AvgIpc) is 3.31. The maximum atomic E-state index is 9.86. The zero-order chi connectivity index (χ0) is 22.8. The Morgan fingerprint density at radius 3 is 2.82 bits per heavy atom. The molecule has 1 aliphatic carbocycles. The number of anilines is 3. The molecule has 0 spiro atoms. The maximum Gasteiger partial charge on any atom is 0.229 e. The van der Waals surface area contributed by atoms with Crippen molar-refractivity contribution in [2.75, 3.05) is 17.2 Å². The average molecular weight is 449 g/mol. The number of nitrogens with zero attached hydrogens (tertiary/aromatic N) is 4. The predicted molar refractivity (Wildman–Crippen MR) is 129 cm³/mol. The van der Waals surface area contributed by atoms with Crippen LogP contribution in [0.25, 0.3) is 11.1 Å². The van der Waals surface area contributed by atoms with Gasteiger partial charge in [-0.05, 0) is 68.8 Å². The Bertz CT molecular complexity index is 1100. The van der Waals surface area contributed by atoms with Crippen molar-refractivity contribution in [2.45, 2.75) is 63.9 Å². The van der Waals surface area contributed by atoms with E-state index in [1.807, 2.05) is 12.4 Å². The highest BCUT2D eigenvalue weighted by molar-refractivity contribution is 5.75. The fourth-order valence-corrected chi connectivity index (χ4v) is 4.59. The van der Waals surface area contributed by atoms with E-state index in [2.05, 4.69) is 44.2 Å². The molecular formula is C24H32N8O. The van der Waals surface area contributed by atoms with E-state index in [0.717, 1.165) is 67.8 Å². The fourth-order valence-electron chi connectivity index (χ4n) is 4.59. The summed E-state index contributed by atoms with van der Waals surface area (Å²) in [7, 11) is 0. The summed E-state index contributed by atoms with van der Waals surface area (Å²) >= 11 is 0. The van der Waals surface area contributed by atoms with Gasteiger partial charge in [0, 0.05) is 47.8 Å². The molecule has 1 fully saturated rings. The van der Waals surface area contributed by atoms with E-state index >= 15 is 0 Å². The van der Waals surface area contributed by atoms with Crippen molar-refractivity contribution in [1.82, 2.24) is 25.1 Å². The van der Waals surface area contributed by atoms with Crippen molar-refractivity contribution in [1.29, 1.82) is 0 Å². The minimum atomic E-state index is -0.699. The number of fused-ring (bicyclic) bond motifs is 1. The van der Waals surface area contributed by atoms with E-state index in [0.29, 0.717) is 12.0 Å². The molecule has 0 bridgehead atoms. The minimum absolute atomic E-state index is 0.285. The van der Waals surface area contributed by atoms with Crippen LogP contribution >= 0.6 is 0 Å². The van der Waals surface area contributed by atoms with Gasteiger partial charge in [-0.1, -0.05) is 6.07 Å². The van der Waals surface area contributed by atoms with Gasteiger partial charge in [0.25, 0.3) is 0 Å². The first-order valence-electron chi connectivity index (χ1n) is 11.8. The molecule has 2 aliphatic rings. The van der Waals surface area contributed by atoms with Gasteiger partial charge in [0.15, 0.2) is 0 Å². The van der Waals surface area contributed by atoms with Crippen LogP contribution in [-0.2, 0) is 13.0 Å². The highest BCUT2D eigenvalue weighted by atomic mass is 16.3. The number of aromatic nitrogens is 4. The van der Waals surface area contributed by atoms with Crippen molar-refractivity contribution in [3.63, 3.8) is 0 Å². The molecule has 3 aromatic rings.